The van der Waals surface area contributed by atoms with Crippen molar-refractivity contribution < 1.29 is 0 Å². The quantitative estimate of drug-likeness (QED) is 0.609. The van der Waals surface area contributed by atoms with E-state index in [4.69, 9.17) is 5.14 Å². The lowest BCUT2D eigenvalue weighted by atomic mass is 10.2. The van der Waals surface area contributed by atoms with E-state index < -0.39 is 0 Å². The second-order valence-corrected chi connectivity index (χ2v) is 3.96. The van der Waals surface area contributed by atoms with Crippen LogP contribution < -0.4 is 5.14 Å². The van der Waals surface area contributed by atoms with Crippen molar-refractivity contribution >= 4 is 11.1 Å². The van der Waals surface area contributed by atoms with Crippen molar-refractivity contribution in [1.29, 1.82) is 0 Å². The first-order valence-electron chi connectivity index (χ1n) is 3.17. The van der Waals surface area contributed by atoms with Crippen molar-refractivity contribution in [2.75, 3.05) is 6.26 Å². The number of nitrogens with two attached hydrogens (primary N) is 1. The van der Waals surface area contributed by atoms with Crippen molar-refractivity contribution in [3.63, 3.8) is 0 Å². The Morgan fingerprint density at radius 3 is 2.50 bits per heavy atom. The highest BCUT2D eigenvalue weighted by Crippen LogP contribution is 2.08. The molecule has 1 rings (SSSR count). The molecule has 54 valence electrons. The van der Waals surface area contributed by atoms with Gasteiger partial charge in [-0.1, -0.05) is 12.1 Å². The summed E-state index contributed by atoms with van der Waals surface area (Å²) in [5.41, 5.74) is 1.28. The smallest absolute Gasteiger partial charge is 0.146 e. The lowest BCUT2D eigenvalue weighted by molar-refractivity contribution is 1.35. The summed E-state index contributed by atoms with van der Waals surface area (Å²) >= 11 is -0.0892. The van der Waals surface area contributed by atoms with E-state index in [2.05, 4.69) is 25.1 Å². The van der Waals surface area contributed by atoms with Gasteiger partial charge < -0.3 is 0 Å². The van der Waals surface area contributed by atoms with Gasteiger partial charge in [-0.3, -0.25) is 0 Å². The minimum absolute atomic E-state index is 0.0892. The zero-order chi connectivity index (χ0) is 7.56. The van der Waals surface area contributed by atoms with Crippen LogP contribution in [0.2, 0.25) is 0 Å². The molecule has 0 aliphatic heterocycles. The maximum atomic E-state index is 5.71. The molecule has 0 aromatic heterocycles. The van der Waals surface area contributed by atoms with Gasteiger partial charge in [-0.15, -0.1) is 5.14 Å². The molecule has 0 saturated heterocycles. The summed E-state index contributed by atoms with van der Waals surface area (Å²) in [5, 5.41) is 5.71. The molecule has 1 unspecified atom stereocenters. The molecule has 1 aromatic carbocycles. The SMILES string of the molecule is Cc1cccc([S+](C)N)c1. The number of hydrogen-bond donors (Lipinski definition) is 1. The highest BCUT2D eigenvalue weighted by atomic mass is 32.2. The van der Waals surface area contributed by atoms with Crippen molar-refractivity contribution in [2.24, 2.45) is 5.14 Å². The largest absolute Gasteiger partial charge is 0.175 e. The maximum absolute atomic E-state index is 5.71. The van der Waals surface area contributed by atoms with Gasteiger partial charge in [0.1, 0.15) is 17.3 Å². The fourth-order valence-electron chi connectivity index (χ4n) is 0.816. The predicted octanol–water partition coefficient (Wildman–Crippen LogP) is 1.48. The van der Waals surface area contributed by atoms with Gasteiger partial charge in [-0.2, -0.15) is 0 Å². The van der Waals surface area contributed by atoms with Crippen molar-refractivity contribution in [3.05, 3.63) is 29.8 Å². The minimum Gasteiger partial charge on any atom is -0.146 e. The van der Waals surface area contributed by atoms with Crippen LogP contribution in [-0.2, 0) is 11.1 Å². The molecule has 2 heteroatoms. The Hall–Kier alpha value is -0.470. The molecule has 1 aromatic rings. The summed E-state index contributed by atoms with van der Waals surface area (Å²) in [6.45, 7) is 2.08. The molecule has 0 amide bonds. The molecule has 1 atom stereocenters. The Labute approximate surface area is 64.7 Å². The van der Waals surface area contributed by atoms with E-state index >= 15 is 0 Å². The Bertz CT molecular complexity index is 220. The Morgan fingerprint density at radius 2 is 2.10 bits per heavy atom. The molecule has 10 heavy (non-hydrogen) atoms. The summed E-state index contributed by atoms with van der Waals surface area (Å²) < 4.78 is 0. The Morgan fingerprint density at radius 1 is 1.40 bits per heavy atom. The number of benzene rings is 1. The van der Waals surface area contributed by atoms with Gasteiger partial charge in [0, 0.05) is 0 Å². The second-order valence-electron chi connectivity index (χ2n) is 2.37. The van der Waals surface area contributed by atoms with Crippen molar-refractivity contribution in [2.45, 2.75) is 11.8 Å². The molecule has 0 heterocycles. The second kappa shape index (κ2) is 3.08. The van der Waals surface area contributed by atoms with E-state index in [1.165, 1.54) is 10.5 Å². The zero-order valence-electron chi connectivity index (χ0n) is 6.29. The van der Waals surface area contributed by atoms with Gasteiger partial charge in [0.15, 0.2) is 4.90 Å². The monoisotopic (exact) mass is 154 g/mol. The molecule has 0 saturated carbocycles. The number of aryl methyl sites for hydroxylation is 1. The summed E-state index contributed by atoms with van der Waals surface area (Å²) in [6, 6.07) is 8.32. The zero-order valence-corrected chi connectivity index (χ0v) is 7.11. The Balaban J connectivity index is 2.96. The van der Waals surface area contributed by atoms with Crippen LogP contribution in [0.4, 0.5) is 0 Å². The van der Waals surface area contributed by atoms with E-state index in [1.807, 2.05) is 12.3 Å². The maximum Gasteiger partial charge on any atom is 0.175 e. The van der Waals surface area contributed by atoms with Crippen LogP contribution in [-0.4, -0.2) is 6.26 Å². The van der Waals surface area contributed by atoms with Crippen LogP contribution in [0.15, 0.2) is 29.2 Å². The van der Waals surface area contributed by atoms with E-state index in [0.717, 1.165) is 0 Å². The molecule has 0 bridgehead atoms. The van der Waals surface area contributed by atoms with E-state index in [1.54, 1.807) is 0 Å². The fourth-order valence-corrected chi connectivity index (χ4v) is 1.48. The average Bonchev–Trinajstić information content (AvgIpc) is 1.88. The lowest BCUT2D eigenvalue weighted by Gasteiger charge is -1.94. The molecule has 2 N–H and O–H groups in total. The van der Waals surface area contributed by atoms with Crippen LogP contribution in [0.1, 0.15) is 5.56 Å². The van der Waals surface area contributed by atoms with Gasteiger partial charge in [-0.05, 0) is 24.6 Å². The van der Waals surface area contributed by atoms with Gasteiger partial charge in [-0.25, -0.2) is 0 Å². The lowest BCUT2D eigenvalue weighted by Crippen LogP contribution is -2.10. The Kier molecular flexibility index (Phi) is 2.35. The summed E-state index contributed by atoms with van der Waals surface area (Å²) in [7, 11) is 0. The van der Waals surface area contributed by atoms with E-state index in [9.17, 15) is 0 Å². The first-order valence-corrected chi connectivity index (χ1v) is 4.87. The van der Waals surface area contributed by atoms with E-state index in [0.29, 0.717) is 0 Å². The fraction of sp³-hybridized carbons (Fsp3) is 0.250. The van der Waals surface area contributed by atoms with Crippen LogP contribution in [0, 0.1) is 6.92 Å². The third-order valence-corrected chi connectivity index (χ3v) is 2.36. The van der Waals surface area contributed by atoms with Gasteiger partial charge >= 0.3 is 0 Å². The van der Waals surface area contributed by atoms with E-state index in [-0.39, 0.29) is 11.1 Å². The predicted molar refractivity (Wildman–Crippen MR) is 46.9 cm³/mol. The van der Waals surface area contributed by atoms with Crippen LogP contribution >= 0.6 is 0 Å². The van der Waals surface area contributed by atoms with Gasteiger partial charge in [0.05, 0.1) is 0 Å². The molecule has 0 aliphatic rings. The normalized spacial score (nSPS) is 13.1. The van der Waals surface area contributed by atoms with Crippen molar-refractivity contribution in [3.8, 4) is 0 Å². The number of hydrogen-bond acceptors (Lipinski definition) is 1. The number of rotatable bonds is 1. The van der Waals surface area contributed by atoms with Crippen molar-refractivity contribution in [1.82, 2.24) is 0 Å². The summed E-state index contributed by atoms with van der Waals surface area (Å²) in [4.78, 5) is 1.24. The molecule has 0 spiro atoms. The van der Waals surface area contributed by atoms with Crippen LogP contribution in [0.5, 0.6) is 0 Å². The molecular formula is C8H12NS+. The average molecular weight is 154 g/mol. The molecule has 0 aliphatic carbocycles. The molecule has 1 nitrogen and oxygen atoms in total. The standard InChI is InChI=1S/C8H12NS/c1-7-4-3-5-8(6-7)10(2)9/h3-6H,9H2,1-2H3/q+1. The summed E-state index contributed by atoms with van der Waals surface area (Å²) in [5.74, 6) is 0. The highest BCUT2D eigenvalue weighted by Gasteiger charge is 2.07. The first kappa shape index (κ1) is 7.63. The first-order chi connectivity index (χ1) is 4.70. The summed E-state index contributed by atoms with van der Waals surface area (Å²) in [6.07, 6.45) is 2.02. The van der Waals surface area contributed by atoms with Crippen LogP contribution in [0.25, 0.3) is 0 Å². The third kappa shape index (κ3) is 1.75. The minimum atomic E-state index is -0.0892. The highest BCUT2D eigenvalue weighted by molar-refractivity contribution is 7.94. The molecular weight excluding hydrogens is 142 g/mol. The van der Waals surface area contributed by atoms with Crippen LogP contribution in [0.3, 0.4) is 0 Å². The molecule has 0 fully saturated rings. The molecule has 0 radical (unpaired) electrons. The topological polar surface area (TPSA) is 26.0 Å². The van der Waals surface area contributed by atoms with Gasteiger partial charge in [0.25, 0.3) is 0 Å². The van der Waals surface area contributed by atoms with Gasteiger partial charge in [0.2, 0.25) is 0 Å². The third-order valence-electron chi connectivity index (χ3n) is 1.36.